The smallest absolute Gasteiger partial charge is 0.306 e. The second kappa shape index (κ2) is 5.80. The van der Waals surface area contributed by atoms with Gasteiger partial charge in [-0.1, -0.05) is 61.1 Å². The van der Waals surface area contributed by atoms with Gasteiger partial charge in [0, 0.05) is 4.47 Å². The van der Waals surface area contributed by atoms with Crippen molar-refractivity contribution in [2.24, 2.45) is 0 Å². The van der Waals surface area contributed by atoms with Crippen LogP contribution in [0, 0.1) is 0 Å². The third-order valence-electron chi connectivity index (χ3n) is 3.14. The van der Waals surface area contributed by atoms with Crippen LogP contribution in [0.2, 0.25) is 10.0 Å². The lowest BCUT2D eigenvalue weighted by molar-refractivity contribution is 1.17. The van der Waals surface area contributed by atoms with Gasteiger partial charge in [0.1, 0.15) is 0 Å². The molecule has 108 valence electrons. The van der Waals surface area contributed by atoms with E-state index in [1.165, 1.54) is 0 Å². The van der Waals surface area contributed by atoms with Crippen molar-refractivity contribution in [3.05, 3.63) is 66.5 Å². The average molecular weight is 451 g/mol. The number of hydrogen-bond acceptors (Lipinski definition) is 1. The van der Waals surface area contributed by atoms with Crippen molar-refractivity contribution >= 4 is 66.1 Å². The minimum Gasteiger partial charge on any atom is -0.306 e. The molecular weight excluding hydrogens is 443 g/mol. The maximum Gasteiger partial charge on any atom is 0.323 e. The Bertz CT molecular complexity index is 888. The summed E-state index contributed by atoms with van der Waals surface area (Å²) in [6, 6.07) is 9.27. The highest BCUT2D eigenvalue weighted by molar-refractivity contribution is 9.11. The molecule has 0 aliphatic rings. The van der Waals surface area contributed by atoms with E-state index >= 15 is 0 Å². The summed E-state index contributed by atoms with van der Waals surface area (Å²) in [5.41, 5.74) is 3.24. The Labute approximate surface area is 146 Å². The summed E-state index contributed by atoms with van der Waals surface area (Å²) in [4.78, 5) is 16.8. The van der Waals surface area contributed by atoms with Crippen LogP contribution < -0.4 is 5.69 Å². The molecule has 0 saturated carbocycles. The molecule has 0 radical (unpaired) electrons. The summed E-state index contributed by atoms with van der Waals surface area (Å²) >= 11 is 19.2. The predicted molar refractivity (Wildman–Crippen MR) is 93.9 cm³/mol. The van der Waals surface area contributed by atoms with Gasteiger partial charge in [-0.3, -0.25) is 0 Å². The monoisotopic (exact) mass is 448 g/mol. The number of nitrogens with one attached hydrogen (secondary N) is 2. The predicted octanol–water partition coefficient (Wildman–Crippen LogP) is 5.41. The van der Waals surface area contributed by atoms with E-state index in [1.807, 2.05) is 24.3 Å². The summed E-state index contributed by atoms with van der Waals surface area (Å²) in [6.07, 6.45) is 0. The zero-order chi connectivity index (χ0) is 15.1. The van der Waals surface area contributed by atoms with Crippen LogP contribution in [-0.2, 0) is 0 Å². The van der Waals surface area contributed by atoms with Crippen LogP contribution in [-0.4, -0.2) is 9.97 Å². The van der Waals surface area contributed by atoms with Crippen molar-refractivity contribution in [3.8, 4) is 0 Å². The van der Waals surface area contributed by atoms with Crippen LogP contribution in [0.4, 0.5) is 0 Å². The third kappa shape index (κ3) is 2.93. The molecule has 2 aromatic carbocycles. The van der Waals surface area contributed by atoms with Crippen LogP contribution in [0.5, 0.6) is 0 Å². The molecular formula is C14H8Br2Cl2N2O. The fraction of sp³-hybridized carbons (Fsp3) is 0.0714. The van der Waals surface area contributed by atoms with Gasteiger partial charge in [0.25, 0.3) is 0 Å². The van der Waals surface area contributed by atoms with Gasteiger partial charge in [0.05, 0.1) is 25.9 Å². The molecule has 21 heavy (non-hydrogen) atoms. The highest BCUT2D eigenvalue weighted by Crippen LogP contribution is 2.38. The number of benzene rings is 2. The zero-order valence-corrected chi connectivity index (χ0v) is 15.1. The lowest BCUT2D eigenvalue weighted by Gasteiger charge is -2.13. The molecule has 1 unspecified atom stereocenters. The highest BCUT2D eigenvalue weighted by Gasteiger charge is 2.16. The van der Waals surface area contributed by atoms with Gasteiger partial charge in [-0.05, 0) is 35.4 Å². The van der Waals surface area contributed by atoms with E-state index in [0.29, 0.717) is 10.0 Å². The largest absolute Gasteiger partial charge is 0.323 e. The van der Waals surface area contributed by atoms with Crippen molar-refractivity contribution in [1.82, 2.24) is 9.97 Å². The molecule has 1 atom stereocenters. The van der Waals surface area contributed by atoms with Crippen LogP contribution in [0.3, 0.4) is 0 Å². The number of halogens is 4. The maximum absolute atomic E-state index is 11.4. The topological polar surface area (TPSA) is 48.6 Å². The first-order valence-corrected chi connectivity index (χ1v) is 8.42. The van der Waals surface area contributed by atoms with Crippen molar-refractivity contribution in [2.45, 2.75) is 4.83 Å². The van der Waals surface area contributed by atoms with Crippen molar-refractivity contribution in [1.29, 1.82) is 0 Å². The third-order valence-corrected chi connectivity index (χ3v) is 5.59. The van der Waals surface area contributed by atoms with Gasteiger partial charge in [0.15, 0.2) is 0 Å². The molecule has 0 spiro atoms. The van der Waals surface area contributed by atoms with Crippen LogP contribution in [0.25, 0.3) is 11.0 Å². The first kappa shape index (κ1) is 15.2. The first-order chi connectivity index (χ1) is 9.95. The van der Waals surface area contributed by atoms with E-state index in [4.69, 9.17) is 23.2 Å². The maximum atomic E-state index is 11.4. The van der Waals surface area contributed by atoms with Crippen LogP contribution in [0.15, 0.2) is 39.6 Å². The second-order valence-corrected chi connectivity index (χ2v) is 7.12. The molecule has 1 heterocycles. The molecule has 3 aromatic rings. The van der Waals surface area contributed by atoms with Gasteiger partial charge in [-0.15, -0.1) is 0 Å². The molecule has 7 heteroatoms. The molecule has 0 saturated heterocycles. The lowest BCUT2D eigenvalue weighted by Crippen LogP contribution is -1.99. The number of imidazole rings is 1. The number of H-pyrrole nitrogens is 2. The number of alkyl halides is 1. The Balaban J connectivity index is 2.11. The number of aromatic amines is 2. The summed E-state index contributed by atoms with van der Waals surface area (Å²) in [5.74, 6) is 0. The van der Waals surface area contributed by atoms with Gasteiger partial charge >= 0.3 is 5.69 Å². The summed E-state index contributed by atoms with van der Waals surface area (Å²) in [6.45, 7) is 0. The van der Waals surface area contributed by atoms with E-state index in [0.717, 1.165) is 26.6 Å². The molecule has 2 N–H and O–H groups in total. The van der Waals surface area contributed by atoms with E-state index in [-0.39, 0.29) is 10.5 Å². The molecule has 3 rings (SSSR count). The Morgan fingerprint density at radius 1 is 1.00 bits per heavy atom. The second-order valence-electron chi connectivity index (χ2n) is 4.53. The number of aromatic nitrogens is 2. The Morgan fingerprint density at radius 2 is 1.67 bits per heavy atom. The molecule has 0 amide bonds. The van der Waals surface area contributed by atoms with E-state index in [1.54, 1.807) is 6.07 Å². The van der Waals surface area contributed by atoms with Crippen molar-refractivity contribution < 1.29 is 0 Å². The molecule has 0 aliphatic carbocycles. The summed E-state index contributed by atoms with van der Waals surface area (Å²) in [7, 11) is 0. The summed E-state index contributed by atoms with van der Waals surface area (Å²) in [5, 5.41) is 1.02. The Hall–Kier alpha value is -0.750. The van der Waals surface area contributed by atoms with Crippen LogP contribution >= 0.6 is 55.1 Å². The quantitative estimate of drug-likeness (QED) is 0.504. The number of fused-ring (bicyclic) bond motifs is 1. The normalized spacial score (nSPS) is 12.8. The van der Waals surface area contributed by atoms with Gasteiger partial charge in [-0.2, -0.15) is 0 Å². The lowest BCUT2D eigenvalue weighted by atomic mass is 10.0. The molecule has 0 bridgehead atoms. The minimum atomic E-state index is -0.227. The van der Waals surface area contributed by atoms with Gasteiger partial charge in [-0.25, -0.2) is 4.79 Å². The van der Waals surface area contributed by atoms with E-state index in [9.17, 15) is 4.79 Å². The van der Waals surface area contributed by atoms with Crippen molar-refractivity contribution in [3.63, 3.8) is 0 Å². The summed E-state index contributed by atoms with van der Waals surface area (Å²) < 4.78 is 0.887. The van der Waals surface area contributed by atoms with E-state index < -0.39 is 0 Å². The SMILES string of the molecule is O=c1[nH]c2cc(Br)c(C(Br)c3ccc(Cl)c(Cl)c3)cc2[nH]1. The van der Waals surface area contributed by atoms with Gasteiger partial charge < -0.3 is 9.97 Å². The van der Waals surface area contributed by atoms with Crippen LogP contribution in [0.1, 0.15) is 16.0 Å². The first-order valence-electron chi connectivity index (χ1n) is 5.96. The molecule has 0 aliphatic heterocycles. The van der Waals surface area contributed by atoms with Crippen molar-refractivity contribution in [2.75, 3.05) is 0 Å². The number of rotatable bonds is 2. The molecule has 3 nitrogen and oxygen atoms in total. The standard InChI is InChI=1S/C14H8Br2Cl2N2O/c15-8-5-12-11(19-14(21)20-12)4-7(8)13(16)6-1-2-9(17)10(18)3-6/h1-5,13H,(H2,19,20,21). The average Bonchev–Trinajstić information content (AvgIpc) is 2.79. The molecule has 0 fully saturated rings. The minimum absolute atomic E-state index is 0.0792. The Morgan fingerprint density at radius 3 is 2.33 bits per heavy atom. The van der Waals surface area contributed by atoms with Gasteiger partial charge in [0.2, 0.25) is 0 Å². The molecule has 1 aromatic heterocycles. The zero-order valence-electron chi connectivity index (χ0n) is 10.4. The highest BCUT2D eigenvalue weighted by atomic mass is 79.9. The Kier molecular flexibility index (Phi) is 4.19. The fourth-order valence-electron chi connectivity index (χ4n) is 2.12. The number of hydrogen-bond donors (Lipinski definition) is 2. The van der Waals surface area contributed by atoms with E-state index in [2.05, 4.69) is 41.8 Å². The fourth-order valence-corrected chi connectivity index (χ4v) is 3.97.